The third kappa shape index (κ3) is 2.64. The lowest BCUT2D eigenvalue weighted by Gasteiger charge is -2.10. The Morgan fingerprint density at radius 3 is 2.71 bits per heavy atom. The van der Waals surface area contributed by atoms with Gasteiger partial charge in [0.2, 0.25) is 0 Å². The molecule has 0 aliphatic carbocycles. The molecule has 2 aromatic carbocycles. The fraction of sp³-hybridized carbons (Fsp3) is 0.0625. The molecule has 4 nitrogen and oxygen atoms in total. The molecule has 0 aliphatic heterocycles. The van der Waals surface area contributed by atoms with Gasteiger partial charge in [-0.3, -0.25) is 4.79 Å². The van der Waals surface area contributed by atoms with Gasteiger partial charge in [-0.1, -0.05) is 34.1 Å². The summed E-state index contributed by atoms with van der Waals surface area (Å²) < 4.78 is 6.42. The second-order valence-electron chi connectivity index (χ2n) is 4.79. The summed E-state index contributed by atoms with van der Waals surface area (Å²) in [6, 6.07) is 12.8. The molecule has 1 aromatic heterocycles. The Balaban J connectivity index is 1.93. The second-order valence-corrected chi connectivity index (χ2v) is 5.71. The number of aryl methyl sites for hydroxylation is 1. The molecule has 0 aliphatic rings. The summed E-state index contributed by atoms with van der Waals surface area (Å²) in [6.45, 7) is 1.88. The predicted molar refractivity (Wildman–Crippen MR) is 87.5 cm³/mol. The normalized spacial score (nSPS) is 10.8. The number of nitrogens with two attached hydrogens (primary N) is 1. The second kappa shape index (κ2) is 5.26. The Morgan fingerprint density at radius 2 is 2.00 bits per heavy atom. The zero-order valence-electron chi connectivity index (χ0n) is 11.3. The highest BCUT2D eigenvalue weighted by atomic mass is 79.9. The fourth-order valence-corrected chi connectivity index (χ4v) is 2.80. The van der Waals surface area contributed by atoms with Crippen LogP contribution in [-0.2, 0) is 0 Å². The fourth-order valence-electron chi connectivity index (χ4n) is 2.21. The molecule has 0 bridgehead atoms. The number of benzene rings is 2. The van der Waals surface area contributed by atoms with E-state index in [1.54, 1.807) is 12.1 Å². The van der Waals surface area contributed by atoms with Gasteiger partial charge in [-0.05, 0) is 36.8 Å². The molecular weight excluding hydrogens is 332 g/mol. The summed E-state index contributed by atoms with van der Waals surface area (Å²) in [5.41, 5.74) is 8.62. The van der Waals surface area contributed by atoms with Crippen LogP contribution in [0.3, 0.4) is 0 Å². The van der Waals surface area contributed by atoms with E-state index in [0.717, 1.165) is 15.4 Å². The highest BCUT2D eigenvalue weighted by molar-refractivity contribution is 9.10. The van der Waals surface area contributed by atoms with Crippen molar-refractivity contribution in [1.29, 1.82) is 0 Å². The summed E-state index contributed by atoms with van der Waals surface area (Å²) in [5.74, 6) is -0.0544. The minimum absolute atomic E-state index is 0.262. The highest BCUT2D eigenvalue weighted by Gasteiger charge is 2.15. The minimum atomic E-state index is -0.316. The van der Waals surface area contributed by atoms with Crippen molar-refractivity contribution >= 4 is 44.2 Å². The maximum atomic E-state index is 12.3. The number of hydrogen-bond acceptors (Lipinski definition) is 3. The van der Waals surface area contributed by atoms with Crippen LogP contribution in [0.5, 0.6) is 0 Å². The molecule has 1 heterocycles. The predicted octanol–water partition coefficient (Wildman–Crippen LogP) is 4.34. The molecule has 0 fully saturated rings. The Morgan fingerprint density at radius 1 is 1.24 bits per heavy atom. The third-order valence-electron chi connectivity index (χ3n) is 3.22. The maximum absolute atomic E-state index is 12.3. The van der Waals surface area contributed by atoms with Gasteiger partial charge in [0.15, 0.2) is 5.76 Å². The Hall–Kier alpha value is -2.27. The van der Waals surface area contributed by atoms with Crippen LogP contribution < -0.4 is 11.1 Å². The van der Waals surface area contributed by atoms with Crippen molar-refractivity contribution in [1.82, 2.24) is 0 Å². The van der Waals surface area contributed by atoms with Crippen molar-refractivity contribution in [2.75, 3.05) is 11.1 Å². The molecule has 0 saturated heterocycles. The quantitative estimate of drug-likeness (QED) is 0.679. The van der Waals surface area contributed by atoms with Gasteiger partial charge in [0.1, 0.15) is 5.58 Å². The number of carbonyl (C=O) groups is 1. The maximum Gasteiger partial charge on any atom is 0.291 e. The number of anilines is 2. The molecule has 0 atom stereocenters. The number of nitrogen functional groups attached to an aromatic ring is 1. The Kier molecular flexibility index (Phi) is 3.43. The van der Waals surface area contributed by atoms with Crippen LogP contribution in [-0.4, -0.2) is 5.91 Å². The van der Waals surface area contributed by atoms with Crippen LogP contribution in [0.15, 0.2) is 51.4 Å². The van der Waals surface area contributed by atoms with Crippen molar-refractivity contribution in [3.8, 4) is 0 Å². The van der Waals surface area contributed by atoms with Crippen molar-refractivity contribution in [2.24, 2.45) is 0 Å². The van der Waals surface area contributed by atoms with E-state index in [4.69, 9.17) is 10.2 Å². The largest absolute Gasteiger partial charge is 0.451 e. The summed E-state index contributed by atoms with van der Waals surface area (Å²) in [5, 5.41) is 3.70. The van der Waals surface area contributed by atoms with E-state index < -0.39 is 0 Å². The van der Waals surface area contributed by atoms with Crippen molar-refractivity contribution in [2.45, 2.75) is 6.92 Å². The van der Waals surface area contributed by atoms with Crippen molar-refractivity contribution in [3.63, 3.8) is 0 Å². The van der Waals surface area contributed by atoms with Crippen LogP contribution >= 0.6 is 15.9 Å². The number of amides is 1. The summed E-state index contributed by atoms with van der Waals surface area (Å²) >= 11 is 3.37. The molecule has 0 radical (unpaired) electrons. The topological polar surface area (TPSA) is 68.3 Å². The zero-order valence-corrected chi connectivity index (χ0v) is 12.9. The van der Waals surface area contributed by atoms with E-state index in [1.165, 1.54) is 0 Å². The SMILES string of the molecule is Cc1cc(Br)cc(N)c1NC(=O)c1cc2ccccc2o1. The summed E-state index contributed by atoms with van der Waals surface area (Å²) in [6.07, 6.45) is 0. The number of hydrogen-bond donors (Lipinski definition) is 2. The van der Waals surface area contributed by atoms with Gasteiger partial charge >= 0.3 is 0 Å². The Labute approximate surface area is 130 Å². The number of nitrogens with one attached hydrogen (secondary N) is 1. The average Bonchev–Trinajstić information content (AvgIpc) is 2.86. The molecule has 3 aromatic rings. The first kappa shape index (κ1) is 13.7. The monoisotopic (exact) mass is 344 g/mol. The Bertz CT molecular complexity index is 783. The number of rotatable bonds is 2. The van der Waals surface area contributed by atoms with Gasteiger partial charge in [0.25, 0.3) is 5.91 Å². The lowest BCUT2D eigenvalue weighted by Crippen LogP contribution is -2.13. The van der Waals surface area contributed by atoms with E-state index in [9.17, 15) is 4.79 Å². The molecule has 3 rings (SSSR count). The molecule has 0 spiro atoms. The lowest BCUT2D eigenvalue weighted by molar-refractivity contribution is 0.0998. The highest BCUT2D eigenvalue weighted by Crippen LogP contribution is 2.28. The first-order valence-electron chi connectivity index (χ1n) is 6.40. The molecule has 0 unspecified atom stereocenters. The first-order valence-corrected chi connectivity index (χ1v) is 7.19. The van der Waals surface area contributed by atoms with E-state index in [1.807, 2.05) is 37.3 Å². The van der Waals surface area contributed by atoms with Gasteiger partial charge in [0.05, 0.1) is 11.4 Å². The molecular formula is C16H13BrN2O2. The summed E-state index contributed by atoms with van der Waals surface area (Å²) in [7, 11) is 0. The van der Waals surface area contributed by atoms with Gasteiger partial charge in [-0.15, -0.1) is 0 Å². The summed E-state index contributed by atoms with van der Waals surface area (Å²) in [4.78, 5) is 12.3. The standard InChI is InChI=1S/C16H13BrN2O2/c1-9-6-11(17)8-12(18)15(9)19-16(20)14-7-10-4-2-3-5-13(10)21-14/h2-8H,18H2,1H3,(H,19,20). The molecule has 0 saturated carbocycles. The molecule has 106 valence electrons. The van der Waals surface area contributed by atoms with E-state index in [-0.39, 0.29) is 11.7 Å². The number of halogens is 1. The molecule has 21 heavy (non-hydrogen) atoms. The van der Waals surface area contributed by atoms with Gasteiger partial charge in [0, 0.05) is 9.86 Å². The number of carbonyl (C=O) groups excluding carboxylic acids is 1. The van der Waals surface area contributed by atoms with Gasteiger partial charge in [-0.25, -0.2) is 0 Å². The van der Waals surface area contributed by atoms with Crippen molar-refractivity contribution in [3.05, 3.63) is 58.3 Å². The number of furan rings is 1. The molecule has 5 heteroatoms. The van der Waals surface area contributed by atoms with Crippen LogP contribution in [0.2, 0.25) is 0 Å². The first-order chi connectivity index (χ1) is 10.0. The van der Waals surface area contributed by atoms with Crippen molar-refractivity contribution < 1.29 is 9.21 Å². The lowest BCUT2D eigenvalue weighted by atomic mass is 10.1. The smallest absolute Gasteiger partial charge is 0.291 e. The average molecular weight is 345 g/mol. The van der Waals surface area contributed by atoms with Gasteiger partial charge in [-0.2, -0.15) is 0 Å². The third-order valence-corrected chi connectivity index (χ3v) is 3.68. The zero-order chi connectivity index (χ0) is 15.0. The minimum Gasteiger partial charge on any atom is -0.451 e. The van der Waals surface area contributed by atoms with E-state index in [0.29, 0.717) is 17.0 Å². The van der Waals surface area contributed by atoms with Crippen LogP contribution in [0.4, 0.5) is 11.4 Å². The number of para-hydroxylation sites is 1. The van der Waals surface area contributed by atoms with Crippen LogP contribution in [0.25, 0.3) is 11.0 Å². The van der Waals surface area contributed by atoms with E-state index >= 15 is 0 Å². The van der Waals surface area contributed by atoms with Crippen LogP contribution in [0.1, 0.15) is 16.1 Å². The molecule has 1 amide bonds. The number of fused-ring (bicyclic) bond motifs is 1. The molecule has 3 N–H and O–H groups in total. The van der Waals surface area contributed by atoms with Crippen LogP contribution in [0, 0.1) is 6.92 Å². The van der Waals surface area contributed by atoms with Gasteiger partial charge < -0.3 is 15.5 Å². The van der Waals surface area contributed by atoms with E-state index in [2.05, 4.69) is 21.2 Å².